The van der Waals surface area contributed by atoms with Crippen LogP contribution in [-0.2, 0) is 57.6 Å². The number of carbonyl (C=O) groups excluding carboxylic acids is 7. The number of rotatable bonds is 21. The molecule has 3 aliphatic rings. The number of primary amides is 1. The summed E-state index contributed by atoms with van der Waals surface area (Å²) in [5.41, 5.74) is 12.5. The molecule has 3 aliphatic heterocycles. The van der Waals surface area contributed by atoms with Gasteiger partial charge in [0.15, 0.2) is 11.6 Å². The Balaban J connectivity index is 0.909. The van der Waals surface area contributed by atoms with Gasteiger partial charge in [-0.05, 0) is 91.7 Å². The highest BCUT2D eigenvalue weighted by Gasteiger charge is 2.47. The number of unbranched alkanes of at least 4 members (excludes halogenated alkanes) is 2. The minimum atomic E-state index is -1.00. The number of nitrogens with zero attached hydrogens (tertiary/aromatic N) is 3. The van der Waals surface area contributed by atoms with Crippen LogP contribution in [0.3, 0.4) is 0 Å². The highest BCUT2D eigenvalue weighted by Crippen LogP contribution is 2.40. The molecule has 396 valence electrons. The van der Waals surface area contributed by atoms with Crippen LogP contribution in [0.5, 0.6) is 5.75 Å². The van der Waals surface area contributed by atoms with Gasteiger partial charge < -0.3 is 36.1 Å². The summed E-state index contributed by atoms with van der Waals surface area (Å²) in [5, 5.41) is 8.94. The van der Waals surface area contributed by atoms with Crippen molar-refractivity contribution in [1.29, 1.82) is 0 Å². The van der Waals surface area contributed by atoms with E-state index < -0.39 is 77.1 Å². The second-order valence-electron chi connectivity index (χ2n) is 21.1. The summed E-state index contributed by atoms with van der Waals surface area (Å²) in [6, 6.07) is 14.7. The number of aryl methyl sites for hydroxylation is 3. The lowest BCUT2D eigenvalue weighted by molar-refractivity contribution is -0.147. The first-order valence-corrected chi connectivity index (χ1v) is 26.6. The van der Waals surface area contributed by atoms with Crippen LogP contribution in [0.1, 0.15) is 127 Å². The fourth-order valence-electron chi connectivity index (χ4n) is 10.2. The van der Waals surface area contributed by atoms with Gasteiger partial charge in [-0.15, -0.1) is 11.3 Å². The van der Waals surface area contributed by atoms with Gasteiger partial charge in [0, 0.05) is 38.5 Å². The number of para-hydroxylation sites is 1. The first-order valence-electron chi connectivity index (χ1n) is 25.7. The van der Waals surface area contributed by atoms with E-state index in [0.717, 1.165) is 44.9 Å². The number of amides is 6. The van der Waals surface area contributed by atoms with E-state index in [0.29, 0.717) is 44.1 Å². The summed E-state index contributed by atoms with van der Waals surface area (Å²) >= 11 is 1.55. The highest BCUT2D eigenvalue weighted by molar-refractivity contribution is 7.13. The van der Waals surface area contributed by atoms with Crippen LogP contribution in [0.15, 0.2) is 66.2 Å². The van der Waals surface area contributed by atoms with Crippen molar-refractivity contribution >= 4 is 58.4 Å². The predicted octanol–water partition coefficient (Wildman–Crippen LogP) is 6.97. The average molecular weight is 1040 g/mol. The van der Waals surface area contributed by atoms with Crippen LogP contribution < -0.4 is 31.3 Å². The number of benzene rings is 3. The number of hydrogen-bond donors (Lipinski definition) is 4. The number of halogens is 1. The molecule has 18 heteroatoms. The Hall–Kier alpha value is -6.69. The summed E-state index contributed by atoms with van der Waals surface area (Å²) in [6.45, 7) is 12.3. The Morgan fingerprint density at radius 1 is 0.919 bits per heavy atom. The molecule has 16 nitrogen and oxygen atoms in total. The number of ether oxygens (including phenoxy) is 2. The Morgan fingerprint density at radius 2 is 1.64 bits per heavy atom. The van der Waals surface area contributed by atoms with E-state index in [2.05, 4.69) is 20.9 Å². The van der Waals surface area contributed by atoms with E-state index in [1.54, 1.807) is 33.9 Å². The third-order valence-electron chi connectivity index (χ3n) is 14.3. The van der Waals surface area contributed by atoms with E-state index in [1.165, 1.54) is 17.9 Å². The normalized spacial score (nSPS) is 19.4. The summed E-state index contributed by atoms with van der Waals surface area (Å²) in [5.74, 6) is -3.65. The van der Waals surface area contributed by atoms with Gasteiger partial charge in [0.2, 0.25) is 35.4 Å². The fraction of sp³-hybridized carbons (Fsp3) is 0.500. The Labute approximate surface area is 436 Å². The van der Waals surface area contributed by atoms with E-state index in [9.17, 15) is 33.6 Å². The average Bonchev–Trinajstić information content (AvgIpc) is 4.08. The number of esters is 1. The lowest BCUT2D eigenvalue weighted by Gasteiger charge is -2.35. The van der Waals surface area contributed by atoms with Gasteiger partial charge in [0.25, 0.3) is 0 Å². The first kappa shape index (κ1) is 55.1. The van der Waals surface area contributed by atoms with E-state index in [1.807, 2.05) is 84.0 Å². The number of nitrogens with two attached hydrogens (primary N) is 1. The Bertz CT molecular complexity index is 2720. The maximum atomic E-state index is 15.9. The molecule has 5 N–H and O–H groups in total. The van der Waals surface area contributed by atoms with Crippen molar-refractivity contribution in [3.63, 3.8) is 0 Å². The standard InChI is InChI=1S/C56H70FN7O9S/c1-32-19-20-38-15-11-16-40-27-44(64(49(38)40)54(32)70)53(69)61-41(25-26-46(58)66)30-72-45-17-12-14-37(48(45)57)13-9-8-10-18-47(67)62-51(56(5,6)7)55(71)63-29-42(73-35(4)65)28-43(63)52(68)60-33(2)36-21-23-39(24-22-36)50-34(3)59-31-74-50/h11-12,14-17,21-24,31-33,41-44,51H,8-10,13,18-20,25-30H2,1-7H3,(H2,58,66)(H,60,68)(H,61,69)(H,62,67)/t32-,33-,41-,42+,43-,44-,51+/m0/s1. The second-order valence-corrected chi connectivity index (χ2v) is 21.9. The highest BCUT2D eigenvalue weighted by atomic mass is 32.1. The molecule has 0 bridgehead atoms. The molecule has 7 atom stereocenters. The zero-order valence-corrected chi connectivity index (χ0v) is 44.3. The molecule has 0 unspecified atom stereocenters. The molecule has 6 amide bonds. The molecule has 1 saturated heterocycles. The van der Waals surface area contributed by atoms with Gasteiger partial charge in [0.1, 0.15) is 30.8 Å². The maximum absolute atomic E-state index is 15.9. The summed E-state index contributed by atoms with van der Waals surface area (Å²) < 4.78 is 27.4. The molecule has 0 aliphatic carbocycles. The fourth-order valence-corrected chi connectivity index (χ4v) is 11.0. The van der Waals surface area contributed by atoms with Crippen molar-refractivity contribution in [2.75, 3.05) is 18.1 Å². The lowest BCUT2D eigenvalue weighted by atomic mass is 9.85. The maximum Gasteiger partial charge on any atom is 0.302 e. The quantitative estimate of drug-likeness (QED) is 0.0496. The number of likely N-dealkylation sites (tertiary alicyclic amines) is 1. The van der Waals surface area contributed by atoms with E-state index in [-0.39, 0.29) is 62.3 Å². The number of anilines is 1. The van der Waals surface area contributed by atoms with Gasteiger partial charge in [-0.3, -0.25) is 38.5 Å². The molecule has 1 fully saturated rings. The largest absolute Gasteiger partial charge is 0.488 e. The monoisotopic (exact) mass is 1040 g/mol. The molecular weight excluding hydrogens is 966 g/mol. The number of thiazole rings is 1. The molecule has 0 spiro atoms. The molecule has 0 radical (unpaired) electrons. The summed E-state index contributed by atoms with van der Waals surface area (Å²) in [7, 11) is 0. The molecule has 0 saturated carbocycles. The molecule has 74 heavy (non-hydrogen) atoms. The zero-order valence-electron chi connectivity index (χ0n) is 43.5. The van der Waals surface area contributed by atoms with E-state index >= 15 is 4.39 Å². The van der Waals surface area contributed by atoms with Crippen molar-refractivity contribution in [2.24, 2.45) is 17.1 Å². The van der Waals surface area contributed by atoms with Crippen LogP contribution in [-0.4, -0.2) is 94.7 Å². The Morgan fingerprint density at radius 3 is 2.32 bits per heavy atom. The molecular formula is C56H70FN7O9S. The second kappa shape index (κ2) is 24.1. The van der Waals surface area contributed by atoms with Gasteiger partial charge >= 0.3 is 5.97 Å². The molecule has 7 rings (SSSR count). The molecule has 4 heterocycles. The molecule has 1 aromatic heterocycles. The number of aromatic nitrogens is 1. The third kappa shape index (κ3) is 13.3. The zero-order chi connectivity index (χ0) is 53.4. The number of nitrogens with one attached hydrogen (secondary N) is 3. The SMILES string of the molecule is CC(=O)O[C@@H]1C[C@@H](C(=O)N[C@@H](C)c2ccc(-c3scnc3C)cc2)N(C(=O)[C@@H](NC(=O)CCCCCc2cccc(OC[C@H](CCC(N)=O)NC(=O)[C@@H]3Cc4cccc5c4N3C(=O)[C@@H](C)CC5)c2F)C(C)(C)C)C1. The van der Waals surface area contributed by atoms with Gasteiger partial charge in [0.05, 0.1) is 40.4 Å². The van der Waals surface area contributed by atoms with Crippen molar-refractivity contribution < 1.29 is 47.4 Å². The minimum absolute atomic E-state index is 0.0103. The molecule has 4 aromatic rings. The van der Waals surface area contributed by atoms with Crippen LogP contribution in [0.2, 0.25) is 0 Å². The topological polar surface area (TPSA) is 219 Å². The van der Waals surface area contributed by atoms with Crippen LogP contribution in [0.4, 0.5) is 10.1 Å². The van der Waals surface area contributed by atoms with Crippen LogP contribution >= 0.6 is 11.3 Å². The van der Waals surface area contributed by atoms with Crippen molar-refractivity contribution in [2.45, 2.75) is 155 Å². The predicted molar refractivity (Wildman–Crippen MR) is 279 cm³/mol. The lowest BCUT2D eigenvalue weighted by Crippen LogP contribution is -2.57. The van der Waals surface area contributed by atoms with Gasteiger partial charge in [-0.1, -0.05) is 88.7 Å². The third-order valence-corrected chi connectivity index (χ3v) is 15.3. The van der Waals surface area contributed by atoms with Crippen molar-refractivity contribution in [1.82, 2.24) is 25.8 Å². The van der Waals surface area contributed by atoms with Gasteiger partial charge in [-0.25, -0.2) is 9.37 Å². The number of hydrogen-bond acceptors (Lipinski definition) is 11. The summed E-state index contributed by atoms with van der Waals surface area (Å²) in [4.78, 5) is 102. The smallest absolute Gasteiger partial charge is 0.302 e. The number of carbonyl (C=O) groups is 7. The molecule has 3 aromatic carbocycles. The Kier molecular flexibility index (Phi) is 17.9. The van der Waals surface area contributed by atoms with E-state index in [4.69, 9.17) is 15.2 Å². The summed E-state index contributed by atoms with van der Waals surface area (Å²) in [6.07, 6.45) is 3.28. The first-order chi connectivity index (χ1) is 35.2. The van der Waals surface area contributed by atoms with Crippen LogP contribution in [0, 0.1) is 24.1 Å². The minimum Gasteiger partial charge on any atom is -0.488 e. The van der Waals surface area contributed by atoms with Crippen molar-refractivity contribution in [3.8, 4) is 16.2 Å². The van der Waals surface area contributed by atoms with Crippen molar-refractivity contribution in [3.05, 3.63) is 99.9 Å². The van der Waals surface area contributed by atoms with Gasteiger partial charge in [-0.2, -0.15) is 0 Å². The van der Waals surface area contributed by atoms with Crippen LogP contribution in [0.25, 0.3) is 10.4 Å².